The SMILES string of the molecule is O=C(CSc1ncnc2sc3c(c12)CCC3)Nc1ccc(F)cc1Cl. The summed E-state index contributed by atoms with van der Waals surface area (Å²) in [6.07, 6.45) is 4.86. The Balaban J connectivity index is 1.50. The molecule has 0 fully saturated rings. The number of nitrogens with zero attached hydrogens (tertiary/aromatic N) is 2. The maximum Gasteiger partial charge on any atom is 0.234 e. The third-order valence-electron chi connectivity index (χ3n) is 4.01. The number of nitrogens with one attached hydrogen (secondary N) is 1. The Kier molecular flexibility index (Phi) is 4.62. The topological polar surface area (TPSA) is 54.9 Å². The number of amides is 1. The molecule has 1 N–H and O–H groups in total. The summed E-state index contributed by atoms with van der Waals surface area (Å²) >= 11 is 9.04. The van der Waals surface area contributed by atoms with Gasteiger partial charge < -0.3 is 5.32 Å². The normalized spacial score (nSPS) is 13.2. The minimum atomic E-state index is -0.438. The van der Waals surface area contributed by atoms with Gasteiger partial charge >= 0.3 is 0 Å². The number of fused-ring (bicyclic) bond motifs is 3. The summed E-state index contributed by atoms with van der Waals surface area (Å²) in [5, 5.41) is 4.81. The fourth-order valence-electron chi connectivity index (χ4n) is 2.92. The van der Waals surface area contributed by atoms with Crippen LogP contribution in [0.15, 0.2) is 29.6 Å². The molecule has 4 rings (SSSR count). The lowest BCUT2D eigenvalue weighted by atomic mass is 10.2. The highest BCUT2D eigenvalue weighted by atomic mass is 35.5. The largest absolute Gasteiger partial charge is 0.324 e. The molecule has 0 saturated carbocycles. The number of carbonyl (C=O) groups is 1. The standard InChI is InChI=1S/C17H13ClFN3OS2/c18-11-6-9(19)4-5-12(11)22-14(23)7-24-16-15-10-2-1-3-13(10)25-17(15)21-8-20-16/h4-6,8H,1-3,7H2,(H,22,23). The van der Waals surface area contributed by atoms with Gasteiger partial charge in [-0.25, -0.2) is 14.4 Å². The van der Waals surface area contributed by atoms with Crippen LogP contribution in [0.25, 0.3) is 10.2 Å². The first-order valence-electron chi connectivity index (χ1n) is 7.75. The Morgan fingerprint density at radius 3 is 3.08 bits per heavy atom. The van der Waals surface area contributed by atoms with Crippen LogP contribution in [0.2, 0.25) is 5.02 Å². The lowest BCUT2D eigenvalue weighted by molar-refractivity contribution is -0.113. The Hall–Kier alpha value is -1.70. The molecule has 25 heavy (non-hydrogen) atoms. The zero-order valence-corrected chi connectivity index (χ0v) is 15.4. The third-order valence-corrected chi connectivity index (χ3v) is 6.51. The minimum absolute atomic E-state index is 0.179. The summed E-state index contributed by atoms with van der Waals surface area (Å²) in [6, 6.07) is 3.89. The average Bonchev–Trinajstić information content (AvgIpc) is 3.16. The van der Waals surface area contributed by atoms with Gasteiger partial charge in [0.1, 0.15) is 22.0 Å². The van der Waals surface area contributed by atoms with Gasteiger partial charge in [0.05, 0.1) is 16.5 Å². The van der Waals surface area contributed by atoms with E-state index in [1.165, 1.54) is 46.8 Å². The van der Waals surface area contributed by atoms with Crippen LogP contribution in [-0.2, 0) is 17.6 Å². The van der Waals surface area contributed by atoms with E-state index in [4.69, 9.17) is 11.6 Å². The number of benzene rings is 1. The molecule has 0 aliphatic heterocycles. The highest BCUT2D eigenvalue weighted by Gasteiger charge is 2.21. The number of rotatable bonds is 4. The third kappa shape index (κ3) is 3.36. The fraction of sp³-hybridized carbons (Fsp3) is 0.235. The molecule has 0 bridgehead atoms. The minimum Gasteiger partial charge on any atom is -0.324 e. The van der Waals surface area contributed by atoms with E-state index in [-0.39, 0.29) is 16.7 Å². The van der Waals surface area contributed by atoms with Gasteiger partial charge in [-0.3, -0.25) is 4.79 Å². The van der Waals surface area contributed by atoms with Crippen LogP contribution in [0, 0.1) is 5.82 Å². The summed E-state index contributed by atoms with van der Waals surface area (Å²) in [7, 11) is 0. The number of halogens is 2. The Labute approximate surface area is 156 Å². The molecule has 8 heteroatoms. The number of anilines is 1. The molecule has 2 heterocycles. The van der Waals surface area contributed by atoms with Gasteiger partial charge in [0, 0.05) is 10.3 Å². The predicted molar refractivity (Wildman–Crippen MR) is 100 cm³/mol. The molecule has 4 nitrogen and oxygen atoms in total. The zero-order chi connectivity index (χ0) is 17.4. The van der Waals surface area contributed by atoms with Crippen molar-refractivity contribution in [3.05, 3.63) is 45.8 Å². The van der Waals surface area contributed by atoms with Gasteiger partial charge in [-0.2, -0.15) is 0 Å². The Bertz CT molecular complexity index is 976. The highest BCUT2D eigenvalue weighted by molar-refractivity contribution is 8.00. The van der Waals surface area contributed by atoms with E-state index in [0.717, 1.165) is 28.1 Å². The van der Waals surface area contributed by atoms with E-state index in [9.17, 15) is 9.18 Å². The first-order valence-corrected chi connectivity index (χ1v) is 9.93. The average molecular weight is 394 g/mol. The molecule has 1 aliphatic rings. The molecule has 128 valence electrons. The van der Waals surface area contributed by atoms with Crippen LogP contribution in [0.1, 0.15) is 16.9 Å². The van der Waals surface area contributed by atoms with E-state index in [1.807, 2.05) is 0 Å². The van der Waals surface area contributed by atoms with Crippen LogP contribution in [0.4, 0.5) is 10.1 Å². The Morgan fingerprint density at radius 2 is 2.24 bits per heavy atom. The smallest absolute Gasteiger partial charge is 0.234 e. The number of thiophene rings is 1. The van der Waals surface area contributed by atoms with Crippen LogP contribution in [0.3, 0.4) is 0 Å². The van der Waals surface area contributed by atoms with E-state index in [0.29, 0.717) is 5.69 Å². The van der Waals surface area contributed by atoms with Crippen LogP contribution < -0.4 is 5.32 Å². The van der Waals surface area contributed by atoms with Gasteiger partial charge in [-0.1, -0.05) is 23.4 Å². The quantitative estimate of drug-likeness (QED) is 0.515. The molecular weight excluding hydrogens is 381 g/mol. The lowest BCUT2D eigenvalue weighted by Crippen LogP contribution is -2.14. The molecule has 0 atom stereocenters. The van der Waals surface area contributed by atoms with Crippen molar-refractivity contribution in [2.24, 2.45) is 0 Å². The number of thioether (sulfide) groups is 1. The van der Waals surface area contributed by atoms with Crippen LogP contribution >= 0.6 is 34.7 Å². The molecule has 1 amide bonds. The molecule has 2 aromatic heterocycles. The predicted octanol–water partition coefficient (Wildman–Crippen LogP) is 4.70. The zero-order valence-electron chi connectivity index (χ0n) is 13.0. The number of carbonyl (C=O) groups excluding carboxylic acids is 1. The van der Waals surface area contributed by atoms with Crippen molar-refractivity contribution < 1.29 is 9.18 Å². The maximum absolute atomic E-state index is 13.1. The van der Waals surface area contributed by atoms with Gasteiger partial charge in [0.2, 0.25) is 5.91 Å². The first-order chi connectivity index (χ1) is 12.1. The van der Waals surface area contributed by atoms with Crippen molar-refractivity contribution in [1.82, 2.24) is 9.97 Å². The summed E-state index contributed by atoms with van der Waals surface area (Å²) in [5.74, 6) is -0.450. The van der Waals surface area contributed by atoms with Crippen molar-refractivity contribution in [3.63, 3.8) is 0 Å². The second kappa shape index (κ2) is 6.90. The van der Waals surface area contributed by atoms with Gasteiger partial charge in [-0.15, -0.1) is 11.3 Å². The van der Waals surface area contributed by atoms with Crippen molar-refractivity contribution in [3.8, 4) is 0 Å². The van der Waals surface area contributed by atoms with Crippen molar-refractivity contribution >= 4 is 56.5 Å². The van der Waals surface area contributed by atoms with Gasteiger partial charge in [0.25, 0.3) is 0 Å². The van der Waals surface area contributed by atoms with Crippen molar-refractivity contribution in [2.75, 3.05) is 11.1 Å². The van der Waals surface area contributed by atoms with Gasteiger partial charge in [0.15, 0.2) is 0 Å². The monoisotopic (exact) mass is 393 g/mol. The summed E-state index contributed by atoms with van der Waals surface area (Å²) in [5.41, 5.74) is 1.74. The summed E-state index contributed by atoms with van der Waals surface area (Å²) in [4.78, 5) is 23.3. The molecule has 0 unspecified atom stereocenters. The van der Waals surface area contributed by atoms with Crippen LogP contribution in [-0.4, -0.2) is 21.6 Å². The van der Waals surface area contributed by atoms with Crippen LogP contribution in [0.5, 0.6) is 0 Å². The second-order valence-electron chi connectivity index (χ2n) is 5.68. The molecule has 1 aliphatic carbocycles. The fourth-order valence-corrected chi connectivity index (χ4v) is 5.25. The van der Waals surface area contributed by atoms with Gasteiger partial charge in [-0.05, 0) is 43.0 Å². The number of hydrogen-bond donors (Lipinski definition) is 1. The molecular formula is C17H13ClFN3OS2. The summed E-state index contributed by atoms with van der Waals surface area (Å²) in [6.45, 7) is 0. The number of aromatic nitrogens is 2. The van der Waals surface area contributed by atoms with E-state index in [2.05, 4.69) is 15.3 Å². The molecule has 0 radical (unpaired) electrons. The molecule has 1 aromatic carbocycles. The molecule has 0 saturated heterocycles. The van der Waals surface area contributed by atoms with E-state index < -0.39 is 5.82 Å². The molecule has 0 spiro atoms. The van der Waals surface area contributed by atoms with E-state index >= 15 is 0 Å². The maximum atomic E-state index is 13.1. The van der Waals surface area contributed by atoms with Crippen molar-refractivity contribution in [1.29, 1.82) is 0 Å². The summed E-state index contributed by atoms with van der Waals surface area (Å²) < 4.78 is 13.1. The second-order valence-corrected chi connectivity index (χ2v) is 8.13. The highest BCUT2D eigenvalue weighted by Crippen LogP contribution is 2.40. The number of hydrogen-bond acceptors (Lipinski definition) is 5. The number of aryl methyl sites for hydroxylation is 2. The molecule has 3 aromatic rings. The first kappa shape index (κ1) is 16.8. The lowest BCUT2D eigenvalue weighted by Gasteiger charge is -2.07. The Morgan fingerprint density at radius 1 is 1.36 bits per heavy atom. The van der Waals surface area contributed by atoms with E-state index in [1.54, 1.807) is 17.7 Å². The van der Waals surface area contributed by atoms with Crippen molar-refractivity contribution in [2.45, 2.75) is 24.3 Å².